The van der Waals surface area contributed by atoms with Crippen LogP contribution in [0.25, 0.3) is 0 Å². The summed E-state index contributed by atoms with van der Waals surface area (Å²) in [5.74, 6) is 0.844. The van der Waals surface area contributed by atoms with Crippen molar-refractivity contribution in [3.05, 3.63) is 61.3 Å². The fraction of sp³-hybridized carbons (Fsp3) is 0.231. The molecule has 0 saturated carbocycles. The van der Waals surface area contributed by atoms with Gasteiger partial charge in [-0.05, 0) is 22.0 Å². The highest BCUT2D eigenvalue weighted by Gasteiger charge is 2.25. The number of benzene rings is 1. The van der Waals surface area contributed by atoms with Crippen molar-refractivity contribution in [3.8, 4) is 5.75 Å². The number of halogens is 1. The molecular formula is C13H11BrN2O3. The molecule has 5 nitrogen and oxygen atoms in total. The molecule has 19 heavy (non-hydrogen) atoms. The summed E-state index contributed by atoms with van der Waals surface area (Å²) in [4.78, 5) is 26.2. The lowest BCUT2D eigenvalue weighted by molar-refractivity contribution is 0.316. The molecule has 0 radical (unpaired) electrons. The molecule has 98 valence electrons. The van der Waals surface area contributed by atoms with E-state index >= 15 is 0 Å². The summed E-state index contributed by atoms with van der Waals surface area (Å²) in [7, 11) is 0. The van der Waals surface area contributed by atoms with Gasteiger partial charge >= 0.3 is 5.69 Å². The lowest BCUT2D eigenvalue weighted by Gasteiger charge is -2.10. The molecule has 1 atom stereocenters. The molecule has 0 amide bonds. The maximum absolute atomic E-state index is 11.9. The highest BCUT2D eigenvalue weighted by molar-refractivity contribution is 9.10. The molecule has 1 N–H and O–H groups in total. The Bertz CT molecular complexity index is 735. The highest BCUT2D eigenvalue weighted by Crippen LogP contribution is 2.33. The van der Waals surface area contributed by atoms with Gasteiger partial charge in [0.25, 0.3) is 5.56 Å². The van der Waals surface area contributed by atoms with E-state index in [1.54, 1.807) is 0 Å². The average Bonchev–Trinajstić information content (AvgIpc) is 2.83. The first kappa shape index (κ1) is 12.2. The van der Waals surface area contributed by atoms with E-state index in [2.05, 4.69) is 20.9 Å². The monoisotopic (exact) mass is 322 g/mol. The molecule has 2 heterocycles. The van der Waals surface area contributed by atoms with Gasteiger partial charge in [0.15, 0.2) is 0 Å². The molecule has 0 aliphatic carbocycles. The van der Waals surface area contributed by atoms with E-state index in [-0.39, 0.29) is 11.5 Å². The number of hydrogen-bond donors (Lipinski definition) is 1. The van der Waals surface area contributed by atoms with Crippen molar-refractivity contribution in [1.29, 1.82) is 0 Å². The Kier molecular flexibility index (Phi) is 3.02. The number of aromatic nitrogens is 2. The van der Waals surface area contributed by atoms with E-state index < -0.39 is 5.69 Å². The molecule has 3 rings (SSSR count). The van der Waals surface area contributed by atoms with Gasteiger partial charge < -0.3 is 9.72 Å². The molecular weight excluding hydrogens is 312 g/mol. The fourth-order valence-corrected chi connectivity index (χ4v) is 2.58. The van der Waals surface area contributed by atoms with Crippen LogP contribution < -0.4 is 16.0 Å². The normalized spacial score (nSPS) is 17.0. The van der Waals surface area contributed by atoms with E-state index in [0.717, 1.165) is 11.3 Å². The average molecular weight is 323 g/mol. The highest BCUT2D eigenvalue weighted by atomic mass is 79.9. The minimum absolute atomic E-state index is 0.0179. The van der Waals surface area contributed by atoms with Crippen molar-refractivity contribution in [2.75, 3.05) is 6.61 Å². The second-order valence-corrected chi connectivity index (χ2v) is 5.26. The van der Waals surface area contributed by atoms with Crippen LogP contribution in [0.4, 0.5) is 0 Å². The Labute approximate surface area is 117 Å². The van der Waals surface area contributed by atoms with Crippen molar-refractivity contribution in [2.45, 2.75) is 12.5 Å². The quantitative estimate of drug-likeness (QED) is 0.910. The van der Waals surface area contributed by atoms with Gasteiger partial charge in [-0.1, -0.05) is 18.2 Å². The van der Waals surface area contributed by atoms with Crippen LogP contribution in [0.1, 0.15) is 11.5 Å². The van der Waals surface area contributed by atoms with Crippen LogP contribution >= 0.6 is 15.9 Å². The molecule has 0 bridgehead atoms. The number of fused-ring (bicyclic) bond motifs is 1. The minimum atomic E-state index is -0.405. The third kappa shape index (κ3) is 2.12. The number of para-hydroxylation sites is 1. The van der Waals surface area contributed by atoms with Gasteiger partial charge in [-0.3, -0.25) is 9.36 Å². The van der Waals surface area contributed by atoms with Crippen molar-refractivity contribution in [3.63, 3.8) is 0 Å². The zero-order valence-electron chi connectivity index (χ0n) is 9.93. The summed E-state index contributed by atoms with van der Waals surface area (Å²) in [5, 5.41) is 0. The smallest absolute Gasteiger partial charge is 0.328 e. The van der Waals surface area contributed by atoms with Crippen LogP contribution in [-0.4, -0.2) is 16.2 Å². The zero-order chi connectivity index (χ0) is 13.4. The predicted octanol–water partition coefficient (Wildman–Crippen LogP) is 1.48. The zero-order valence-corrected chi connectivity index (χ0v) is 11.5. The molecule has 0 fully saturated rings. The number of ether oxygens (including phenoxy) is 1. The Morgan fingerprint density at radius 2 is 2.16 bits per heavy atom. The Hall–Kier alpha value is -1.82. The van der Waals surface area contributed by atoms with Gasteiger partial charge in [-0.25, -0.2) is 4.79 Å². The fourth-order valence-electron chi connectivity index (χ4n) is 2.25. The Morgan fingerprint density at radius 1 is 1.37 bits per heavy atom. The van der Waals surface area contributed by atoms with E-state index in [9.17, 15) is 9.59 Å². The number of hydrogen-bond acceptors (Lipinski definition) is 3. The summed E-state index contributed by atoms with van der Waals surface area (Å²) in [6.45, 7) is 0.794. The summed E-state index contributed by atoms with van der Waals surface area (Å²) in [5.41, 5.74) is 0.305. The maximum atomic E-state index is 11.9. The summed E-state index contributed by atoms with van der Waals surface area (Å²) in [6.07, 6.45) is 1.36. The first-order valence-corrected chi connectivity index (χ1v) is 6.66. The molecule has 1 unspecified atom stereocenters. The van der Waals surface area contributed by atoms with E-state index in [0.29, 0.717) is 17.6 Å². The van der Waals surface area contributed by atoms with Crippen LogP contribution in [-0.2, 0) is 6.54 Å². The summed E-state index contributed by atoms with van der Waals surface area (Å²) < 4.78 is 7.10. The molecule has 1 aromatic carbocycles. The Balaban J connectivity index is 1.99. The molecule has 6 heteroatoms. The van der Waals surface area contributed by atoms with Crippen LogP contribution in [0.15, 0.2) is 44.5 Å². The van der Waals surface area contributed by atoms with Gasteiger partial charge in [0.1, 0.15) is 5.75 Å². The third-order valence-corrected chi connectivity index (χ3v) is 3.79. The SMILES string of the molecule is O=c1[nH]cc(Br)c(=O)n1CC1COc2ccccc21. The van der Waals surface area contributed by atoms with Crippen LogP contribution in [0.3, 0.4) is 0 Å². The van der Waals surface area contributed by atoms with E-state index in [1.807, 2.05) is 24.3 Å². The van der Waals surface area contributed by atoms with E-state index in [4.69, 9.17) is 4.74 Å². The molecule has 1 aromatic heterocycles. The number of aromatic amines is 1. The second-order valence-electron chi connectivity index (χ2n) is 4.40. The summed E-state index contributed by atoms with van der Waals surface area (Å²) in [6, 6.07) is 7.68. The predicted molar refractivity (Wildman–Crippen MR) is 73.7 cm³/mol. The van der Waals surface area contributed by atoms with Gasteiger partial charge in [-0.15, -0.1) is 0 Å². The standard InChI is InChI=1S/C13H11BrN2O3/c14-10-5-15-13(18)16(12(10)17)6-8-7-19-11-4-2-1-3-9(8)11/h1-5,8H,6-7H2,(H,15,18). The number of nitrogens with one attached hydrogen (secondary N) is 1. The van der Waals surface area contributed by atoms with Crippen molar-refractivity contribution in [1.82, 2.24) is 9.55 Å². The van der Waals surface area contributed by atoms with Gasteiger partial charge in [0.2, 0.25) is 0 Å². The molecule has 1 aliphatic heterocycles. The lowest BCUT2D eigenvalue weighted by Crippen LogP contribution is -2.36. The van der Waals surface area contributed by atoms with Crippen LogP contribution in [0, 0.1) is 0 Å². The molecule has 0 saturated heterocycles. The first-order valence-electron chi connectivity index (χ1n) is 5.86. The Morgan fingerprint density at radius 3 is 3.00 bits per heavy atom. The van der Waals surface area contributed by atoms with Crippen LogP contribution in [0.2, 0.25) is 0 Å². The molecule has 0 spiro atoms. The third-order valence-electron chi connectivity index (χ3n) is 3.22. The largest absolute Gasteiger partial charge is 0.493 e. The second kappa shape index (κ2) is 4.70. The summed E-state index contributed by atoms with van der Waals surface area (Å²) >= 11 is 3.13. The minimum Gasteiger partial charge on any atom is -0.493 e. The van der Waals surface area contributed by atoms with E-state index in [1.165, 1.54) is 10.8 Å². The molecule has 1 aliphatic rings. The van der Waals surface area contributed by atoms with Crippen molar-refractivity contribution in [2.24, 2.45) is 0 Å². The number of nitrogens with zero attached hydrogens (tertiary/aromatic N) is 1. The molecule has 2 aromatic rings. The lowest BCUT2D eigenvalue weighted by atomic mass is 10.0. The topological polar surface area (TPSA) is 64.1 Å². The van der Waals surface area contributed by atoms with Gasteiger partial charge in [0.05, 0.1) is 11.1 Å². The maximum Gasteiger partial charge on any atom is 0.328 e. The van der Waals surface area contributed by atoms with Crippen molar-refractivity contribution >= 4 is 15.9 Å². The van der Waals surface area contributed by atoms with Crippen LogP contribution in [0.5, 0.6) is 5.75 Å². The number of H-pyrrole nitrogens is 1. The van der Waals surface area contributed by atoms with Crippen molar-refractivity contribution < 1.29 is 4.74 Å². The number of rotatable bonds is 2. The van der Waals surface area contributed by atoms with Gasteiger partial charge in [-0.2, -0.15) is 0 Å². The van der Waals surface area contributed by atoms with Gasteiger partial charge in [0, 0.05) is 24.2 Å². The first-order chi connectivity index (χ1) is 9.16.